The number of aromatic amines is 1. The highest BCUT2D eigenvalue weighted by Gasteiger charge is 2.30. The van der Waals surface area contributed by atoms with Gasteiger partial charge >= 0.3 is 0 Å². The third-order valence-electron chi connectivity index (χ3n) is 2.91. The summed E-state index contributed by atoms with van der Waals surface area (Å²) < 4.78 is 0.909. The van der Waals surface area contributed by atoms with Crippen LogP contribution in [0.1, 0.15) is 6.42 Å². The standard InChI is InChI=1S/C11H11BrN4OS/c1-16-3-2-8(10(16)17)18-11-14-7-4-6(12)5-13-9(7)15-11/h4-5,8H,2-3H2,1H3,(H,13,14,15)/t8-/m1/s1. The fourth-order valence-corrected chi connectivity index (χ4v) is 3.36. The van der Waals surface area contributed by atoms with Crippen molar-refractivity contribution in [1.82, 2.24) is 19.9 Å². The van der Waals surface area contributed by atoms with Crippen molar-refractivity contribution in [2.45, 2.75) is 16.8 Å². The van der Waals surface area contributed by atoms with Gasteiger partial charge in [0.1, 0.15) is 0 Å². The number of hydrogen-bond acceptors (Lipinski definition) is 4. The molecule has 0 bridgehead atoms. The summed E-state index contributed by atoms with van der Waals surface area (Å²) in [5.41, 5.74) is 1.56. The van der Waals surface area contributed by atoms with Crippen molar-refractivity contribution in [3.63, 3.8) is 0 Å². The summed E-state index contributed by atoms with van der Waals surface area (Å²) in [6.45, 7) is 0.820. The Kier molecular flexibility index (Phi) is 3.03. The van der Waals surface area contributed by atoms with Crippen molar-refractivity contribution < 1.29 is 4.79 Å². The Morgan fingerprint density at radius 1 is 1.61 bits per heavy atom. The van der Waals surface area contributed by atoms with Crippen molar-refractivity contribution in [3.8, 4) is 0 Å². The average Bonchev–Trinajstić information content (AvgIpc) is 2.86. The Labute approximate surface area is 116 Å². The zero-order valence-corrected chi connectivity index (χ0v) is 12.1. The number of imidazole rings is 1. The van der Waals surface area contributed by atoms with Crippen molar-refractivity contribution in [2.24, 2.45) is 0 Å². The van der Waals surface area contributed by atoms with Crippen LogP contribution in [-0.4, -0.2) is 44.6 Å². The molecular formula is C11H11BrN4OS. The predicted molar refractivity (Wildman–Crippen MR) is 73.5 cm³/mol. The smallest absolute Gasteiger partial charge is 0.235 e. The molecule has 1 saturated heterocycles. The highest BCUT2D eigenvalue weighted by atomic mass is 79.9. The number of hydrogen-bond donors (Lipinski definition) is 1. The zero-order valence-electron chi connectivity index (χ0n) is 9.68. The topological polar surface area (TPSA) is 61.9 Å². The molecule has 0 unspecified atom stereocenters. The number of halogens is 1. The third kappa shape index (κ3) is 2.12. The lowest BCUT2D eigenvalue weighted by molar-refractivity contribution is -0.126. The van der Waals surface area contributed by atoms with E-state index in [-0.39, 0.29) is 11.2 Å². The van der Waals surface area contributed by atoms with Gasteiger partial charge in [-0.1, -0.05) is 11.8 Å². The van der Waals surface area contributed by atoms with E-state index in [1.807, 2.05) is 13.1 Å². The number of likely N-dealkylation sites (tertiary alicyclic amines) is 1. The molecule has 5 nitrogen and oxygen atoms in total. The van der Waals surface area contributed by atoms with E-state index in [0.29, 0.717) is 5.65 Å². The molecule has 7 heteroatoms. The second-order valence-electron chi connectivity index (χ2n) is 4.22. The summed E-state index contributed by atoms with van der Waals surface area (Å²) in [7, 11) is 1.83. The maximum Gasteiger partial charge on any atom is 0.235 e. The molecule has 0 aliphatic carbocycles. The molecule has 3 heterocycles. The highest BCUT2D eigenvalue weighted by molar-refractivity contribution is 9.10. The fourth-order valence-electron chi connectivity index (χ4n) is 1.94. The van der Waals surface area contributed by atoms with E-state index in [4.69, 9.17) is 0 Å². The number of rotatable bonds is 2. The summed E-state index contributed by atoms with van der Waals surface area (Å²) in [6, 6.07) is 1.93. The van der Waals surface area contributed by atoms with Gasteiger partial charge in [0, 0.05) is 24.3 Å². The van der Waals surface area contributed by atoms with Crippen LogP contribution in [0.5, 0.6) is 0 Å². The van der Waals surface area contributed by atoms with Gasteiger partial charge in [-0.3, -0.25) is 4.79 Å². The molecule has 1 amide bonds. The second-order valence-corrected chi connectivity index (χ2v) is 6.33. The molecule has 1 N–H and O–H groups in total. The summed E-state index contributed by atoms with van der Waals surface area (Å²) in [4.78, 5) is 25.4. The number of thioether (sulfide) groups is 1. The van der Waals surface area contributed by atoms with Gasteiger partial charge in [0.2, 0.25) is 5.91 Å². The fraction of sp³-hybridized carbons (Fsp3) is 0.364. The first-order valence-corrected chi connectivity index (χ1v) is 7.23. The zero-order chi connectivity index (χ0) is 12.7. The van der Waals surface area contributed by atoms with E-state index in [1.165, 1.54) is 11.8 Å². The van der Waals surface area contributed by atoms with E-state index in [2.05, 4.69) is 30.9 Å². The number of H-pyrrole nitrogens is 1. The monoisotopic (exact) mass is 326 g/mol. The molecule has 1 fully saturated rings. The molecule has 1 aliphatic heterocycles. The van der Waals surface area contributed by atoms with Crippen molar-refractivity contribution in [3.05, 3.63) is 16.7 Å². The van der Waals surface area contributed by atoms with Gasteiger partial charge < -0.3 is 9.88 Å². The molecular weight excluding hydrogens is 316 g/mol. The van der Waals surface area contributed by atoms with Crippen molar-refractivity contribution >= 4 is 44.8 Å². The number of amides is 1. The van der Waals surface area contributed by atoms with Crippen LogP contribution >= 0.6 is 27.7 Å². The quantitative estimate of drug-likeness (QED) is 0.917. The minimum absolute atomic E-state index is 0.0287. The van der Waals surface area contributed by atoms with Crippen LogP contribution in [0.15, 0.2) is 21.9 Å². The predicted octanol–water partition coefficient (Wildman–Crippen LogP) is 2.04. The lowest BCUT2D eigenvalue weighted by Crippen LogP contribution is -2.23. The lowest BCUT2D eigenvalue weighted by Gasteiger charge is -2.07. The van der Waals surface area contributed by atoms with Crippen LogP contribution in [-0.2, 0) is 4.79 Å². The van der Waals surface area contributed by atoms with Crippen LogP contribution in [0.3, 0.4) is 0 Å². The van der Waals surface area contributed by atoms with Crippen molar-refractivity contribution in [1.29, 1.82) is 0 Å². The number of carbonyl (C=O) groups is 1. The minimum Gasteiger partial charge on any atom is -0.345 e. The molecule has 1 atom stereocenters. The molecule has 0 saturated carbocycles. The van der Waals surface area contributed by atoms with E-state index in [1.54, 1.807) is 11.1 Å². The van der Waals surface area contributed by atoms with E-state index >= 15 is 0 Å². The average molecular weight is 327 g/mol. The number of nitrogens with zero attached hydrogens (tertiary/aromatic N) is 3. The molecule has 3 rings (SSSR count). The Morgan fingerprint density at radius 2 is 2.44 bits per heavy atom. The Hall–Kier alpha value is -1.08. The summed E-state index contributed by atoms with van der Waals surface area (Å²) in [5, 5.41) is 0.725. The molecule has 1 aliphatic rings. The normalized spacial score (nSPS) is 20.0. The maximum absolute atomic E-state index is 11.8. The van der Waals surface area contributed by atoms with Gasteiger partial charge in [0.05, 0.1) is 10.8 Å². The number of pyridine rings is 1. The van der Waals surface area contributed by atoms with Gasteiger partial charge in [-0.2, -0.15) is 0 Å². The summed E-state index contributed by atoms with van der Waals surface area (Å²) >= 11 is 4.85. The molecule has 94 valence electrons. The highest BCUT2D eigenvalue weighted by Crippen LogP contribution is 2.29. The minimum atomic E-state index is -0.0287. The summed E-state index contributed by atoms with van der Waals surface area (Å²) in [5.74, 6) is 0.176. The Balaban J connectivity index is 1.85. The van der Waals surface area contributed by atoms with Crippen LogP contribution in [0, 0.1) is 0 Å². The van der Waals surface area contributed by atoms with Gasteiger partial charge in [-0.15, -0.1) is 0 Å². The first-order chi connectivity index (χ1) is 8.63. The Bertz CT molecular complexity index is 614. The van der Waals surface area contributed by atoms with Gasteiger partial charge in [0.25, 0.3) is 0 Å². The van der Waals surface area contributed by atoms with E-state index in [9.17, 15) is 4.79 Å². The first kappa shape index (κ1) is 12.0. The molecule has 0 spiro atoms. The second kappa shape index (κ2) is 4.55. The van der Waals surface area contributed by atoms with Crippen LogP contribution in [0.2, 0.25) is 0 Å². The maximum atomic E-state index is 11.8. The molecule has 18 heavy (non-hydrogen) atoms. The SMILES string of the molecule is CN1CC[C@@H](Sc2nc3ncc(Br)cc3[nH]2)C1=O. The van der Waals surface area contributed by atoms with Gasteiger partial charge in [-0.05, 0) is 28.4 Å². The van der Waals surface area contributed by atoms with Crippen molar-refractivity contribution in [2.75, 3.05) is 13.6 Å². The Morgan fingerprint density at radius 3 is 3.17 bits per heavy atom. The largest absolute Gasteiger partial charge is 0.345 e. The number of aromatic nitrogens is 3. The van der Waals surface area contributed by atoms with E-state index < -0.39 is 0 Å². The third-order valence-corrected chi connectivity index (χ3v) is 4.49. The van der Waals surface area contributed by atoms with Crippen LogP contribution < -0.4 is 0 Å². The number of nitrogens with one attached hydrogen (secondary N) is 1. The lowest BCUT2D eigenvalue weighted by atomic mass is 10.4. The van der Waals surface area contributed by atoms with E-state index in [0.717, 1.165) is 28.1 Å². The van der Waals surface area contributed by atoms with Gasteiger partial charge in [0.15, 0.2) is 10.8 Å². The van der Waals surface area contributed by atoms with Gasteiger partial charge in [-0.25, -0.2) is 9.97 Å². The summed E-state index contributed by atoms with van der Waals surface area (Å²) in [6.07, 6.45) is 2.58. The molecule has 2 aromatic heterocycles. The molecule has 2 aromatic rings. The number of carbonyl (C=O) groups excluding carboxylic acids is 1. The van der Waals surface area contributed by atoms with Crippen LogP contribution in [0.25, 0.3) is 11.2 Å². The molecule has 0 aromatic carbocycles. The first-order valence-electron chi connectivity index (χ1n) is 5.56. The van der Waals surface area contributed by atoms with Crippen LogP contribution in [0.4, 0.5) is 0 Å². The number of fused-ring (bicyclic) bond motifs is 1. The molecule has 0 radical (unpaired) electrons.